The molecule has 19 heavy (non-hydrogen) atoms. The lowest BCUT2D eigenvalue weighted by Crippen LogP contribution is -2.13. The molecule has 0 fully saturated rings. The van der Waals surface area contributed by atoms with Crippen LogP contribution in [0.1, 0.15) is 49.8 Å². The molecule has 1 rings (SSSR count). The van der Waals surface area contributed by atoms with E-state index in [2.05, 4.69) is 6.92 Å². The molecule has 0 aliphatic rings. The fourth-order valence-electron chi connectivity index (χ4n) is 1.77. The molecule has 0 unspecified atom stereocenters. The van der Waals surface area contributed by atoms with Gasteiger partial charge in [0.25, 0.3) is 0 Å². The van der Waals surface area contributed by atoms with Crippen LogP contribution < -0.4 is 5.73 Å². The van der Waals surface area contributed by atoms with Crippen LogP contribution in [0.2, 0.25) is 5.02 Å². The lowest BCUT2D eigenvalue weighted by molar-refractivity contribution is -0.137. The Morgan fingerprint density at radius 3 is 2.42 bits per heavy atom. The predicted octanol–water partition coefficient (Wildman–Crippen LogP) is 5.36. The highest BCUT2D eigenvalue weighted by atomic mass is 35.5. The molecule has 0 saturated carbocycles. The average Bonchev–Trinajstić information content (AvgIpc) is 2.28. The molecule has 0 saturated heterocycles. The molecule has 6 heteroatoms. The third-order valence-electron chi connectivity index (χ3n) is 2.84. The summed E-state index contributed by atoms with van der Waals surface area (Å²) in [5, 5.41) is 0.298. The van der Waals surface area contributed by atoms with Gasteiger partial charge in [0, 0.05) is 11.1 Å². The van der Waals surface area contributed by atoms with Crippen molar-refractivity contribution < 1.29 is 13.2 Å². The quantitative estimate of drug-likeness (QED) is 0.727. The fourth-order valence-corrected chi connectivity index (χ4v) is 2.03. The Bertz CT molecular complexity index is 394. The summed E-state index contributed by atoms with van der Waals surface area (Å²) in [6.07, 6.45) is -0.755. The molecule has 1 aromatic carbocycles. The van der Waals surface area contributed by atoms with Crippen molar-refractivity contribution in [3.63, 3.8) is 0 Å². The van der Waals surface area contributed by atoms with Crippen LogP contribution in [0.5, 0.6) is 0 Å². The van der Waals surface area contributed by atoms with Gasteiger partial charge in [0.15, 0.2) is 0 Å². The monoisotopic (exact) mass is 315 g/mol. The Morgan fingerprint density at radius 1 is 1.26 bits per heavy atom. The zero-order chi connectivity index (χ0) is 13.8. The van der Waals surface area contributed by atoms with E-state index in [-0.39, 0.29) is 12.4 Å². The van der Waals surface area contributed by atoms with E-state index in [0.717, 1.165) is 31.4 Å². The van der Waals surface area contributed by atoms with Crippen LogP contribution in [-0.4, -0.2) is 0 Å². The molecule has 0 aromatic heterocycles. The van der Waals surface area contributed by atoms with E-state index >= 15 is 0 Å². The molecule has 0 radical (unpaired) electrons. The van der Waals surface area contributed by atoms with Gasteiger partial charge < -0.3 is 5.73 Å². The van der Waals surface area contributed by atoms with Crippen molar-refractivity contribution >= 4 is 24.0 Å². The third-order valence-corrected chi connectivity index (χ3v) is 3.19. The molecule has 1 aromatic rings. The summed E-state index contributed by atoms with van der Waals surface area (Å²) in [6, 6.07) is 2.86. The van der Waals surface area contributed by atoms with Gasteiger partial charge in [0.05, 0.1) is 5.56 Å². The standard InChI is InChI=1S/C13H17ClF3N.ClH/c1-2-3-4-5-12(18)10-8-9(13(15,16)17)6-7-11(10)14;/h6-8,12H,2-5,18H2,1H3;1H/t12-;/m1./s1. The van der Waals surface area contributed by atoms with Gasteiger partial charge in [-0.25, -0.2) is 0 Å². The fraction of sp³-hybridized carbons (Fsp3) is 0.538. The molecular weight excluding hydrogens is 298 g/mol. The molecule has 0 amide bonds. The van der Waals surface area contributed by atoms with Crippen molar-refractivity contribution in [1.82, 2.24) is 0 Å². The zero-order valence-corrected chi connectivity index (χ0v) is 12.2. The van der Waals surface area contributed by atoms with E-state index in [1.807, 2.05) is 0 Å². The summed E-state index contributed by atoms with van der Waals surface area (Å²) in [5.41, 5.74) is 5.57. The first kappa shape index (κ1) is 18.6. The lowest BCUT2D eigenvalue weighted by Gasteiger charge is -2.16. The second kappa shape index (κ2) is 7.98. The summed E-state index contributed by atoms with van der Waals surface area (Å²) in [6.45, 7) is 2.06. The SMILES string of the molecule is CCCCC[C@@H](N)c1cc(C(F)(F)F)ccc1Cl.Cl. The summed E-state index contributed by atoms with van der Waals surface area (Å²) in [4.78, 5) is 0. The minimum Gasteiger partial charge on any atom is -0.324 e. The lowest BCUT2D eigenvalue weighted by atomic mass is 9.99. The molecule has 0 aliphatic carbocycles. The van der Waals surface area contributed by atoms with Crippen molar-refractivity contribution in [2.24, 2.45) is 5.73 Å². The van der Waals surface area contributed by atoms with Crippen LogP contribution in [0.15, 0.2) is 18.2 Å². The van der Waals surface area contributed by atoms with Crippen LogP contribution in [0.4, 0.5) is 13.2 Å². The van der Waals surface area contributed by atoms with Gasteiger partial charge in [0.1, 0.15) is 0 Å². The van der Waals surface area contributed by atoms with Gasteiger partial charge in [-0.3, -0.25) is 0 Å². The van der Waals surface area contributed by atoms with Crippen LogP contribution in [0.25, 0.3) is 0 Å². The van der Waals surface area contributed by atoms with Gasteiger partial charge in [0.2, 0.25) is 0 Å². The Labute approximate surface area is 122 Å². The highest BCUT2D eigenvalue weighted by Crippen LogP contribution is 2.34. The van der Waals surface area contributed by atoms with Gasteiger partial charge in [-0.1, -0.05) is 37.8 Å². The Balaban J connectivity index is 0.00000324. The minimum absolute atomic E-state index is 0. The maximum absolute atomic E-state index is 12.6. The number of hydrogen-bond donors (Lipinski definition) is 1. The minimum atomic E-state index is -4.36. The van der Waals surface area contributed by atoms with E-state index in [4.69, 9.17) is 17.3 Å². The second-order valence-corrected chi connectivity index (χ2v) is 4.74. The number of unbranched alkanes of at least 4 members (excludes halogenated alkanes) is 2. The molecule has 2 N–H and O–H groups in total. The number of rotatable bonds is 5. The van der Waals surface area contributed by atoms with E-state index < -0.39 is 17.8 Å². The van der Waals surface area contributed by atoms with Crippen LogP contribution >= 0.6 is 24.0 Å². The average molecular weight is 316 g/mol. The predicted molar refractivity (Wildman–Crippen MR) is 74.8 cm³/mol. The summed E-state index contributed by atoms with van der Waals surface area (Å²) in [7, 11) is 0. The van der Waals surface area contributed by atoms with Crippen molar-refractivity contribution in [3.05, 3.63) is 34.3 Å². The van der Waals surface area contributed by atoms with Gasteiger partial charge in [-0.2, -0.15) is 13.2 Å². The van der Waals surface area contributed by atoms with Gasteiger partial charge >= 0.3 is 6.18 Å². The highest BCUT2D eigenvalue weighted by Gasteiger charge is 2.31. The van der Waals surface area contributed by atoms with Gasteiger partial charge in [-0.15, -0.1) is 12.4 Å². The molecule has 0 aliphatic heterocycles. The molecule has 110 valence electrons. The maximum Gasteiger partial charge on any atom is 0.416 e. The van der Waals surface area contributed by atoms with E-state index in [1.54, 1.807) is 0 Å². The summed E-state index contributed by atoms with van der Waals surface area (Å²) in [5.74, 6) is 0. The number of alkyl halides is 3. The third kappa shape index (κ3) is 5.59. The largest absolute Gasteiger partial charge is 0.416 e. The molecule has 1 atom stereocenters. The normalized spacial score (nSPS) is 12.9. The van der Waals surface area contributed by atoms with E-state index in [9.17, 15) is 13.2 Å². The van der Waals surface area contributed by atoms with E-state index in [0.29, 0.717) is 17.0 Å². The first-order valence-electron chi connectivity index (χ1n) is 5.98. The summed E-state index contributed by atoms with van der Waals surface area (Å²) >= 11 is 5.91. The molecule has 0 spiro atoms. The van der Waals surface area contributed by atoms with Crippen molar-refractivity contribution in [2.45, 2.75) is 44.8 Å². The number of hydrogen-bond acceptors (Lipinski definition) is 1. The topological polar surface area (TPSA) is 26.0 Å². The molecular formula is C13H18Cl2F3N. The first-order valence-corrected chi connectivity index (χ1v) is 6.36. The van der Waals surface area contributed by atoms with Crippen molar-refractivity contribution in [2.75, 3.05) is 0 Å². The molecule has 0 bridgehead atoms. The van der Waals surface area contributed by atoms with Crippen molar-refractivity contribution in [3.8, 4) is 0 Å². The second-order valence-electron chi connectivity index (χ2n) is 4.34. The van der Waals surface area contributed by atoms with Crippen LogP contribution in [0, 0.1) is 0 Å². The Morgan fingerprint density at radius 2 is 1.89 bits per heavy atom. The summed E-state index contributed by atoms with van der Waals surface area (Å²) < 4.78 is 37.8. The van der Waals surface area contributed by atoms with Gasteiger partial charge in [-0.05, 0) is 30.2 Å². The number of nitrogens with two attached hydrogens (primary N) is 1. The first-order chi connectivity index (χ1) is 8.36. The molecule has 1 nitrogen and oxygen atoms in total. The zero-order valence-electron chi connectivity index (χ0n) is 10.6. The Kier molecular flexibility index (Phi) is 7.79. The number of halogens is 5. The van der Waals surface area contributed by atoms with Crippen LogP contribution in [0.3, 0.4) is 0 Å². The Hall–Kier alpha value is -0.450. The van der Waals surface area contributed by atoms with Crippen molar-refractivity contribution in [1.29, 1.82) is 0 Å². The maximum atomic E-state index is 12.6. The number of benzene rings is 1. The smallest absolute Gasteiger partial charge is 0.324 e. The highest BCUT2D eigenvalue weighted by molar-refractivity contribution is 6.31. The van der Waals surface area contributed by atoms with Crippen LogP contribution in [-0.2, 0) is 6.18 Å². The molecule has 0 heterocycles. The van der Waals surface area contributed by atoms with E-state index in [1.165, 1.54) is 6.07 Å².